The summed E-state index contributed by atoms with van der Waals surface area (Å²) in [4.78, 5) is 11.6. The molecule has 0 radical (unpaired) electrons. The lowest BCUT2D eigenvalue weighted by Crippen LogP contribution is -2.23. The molecule has 7 heteroatoms. The van der Waals surface area contributed by atoms with Crippen LogP contribution in [0.1, 0.15) is 0 Å². The highest BCUT2D eigenvalue weighted by Gasteiger charge is 2.12. The molecule has 0 aromatic heterocycles. The molecular weight excluding hydrogens is 288 g/mol. The average Bonchev–Trinajstić information content (AvgIpc) is 2.42. The minimum Gasteiger partial charge on any atom is -0.374 e. The van der Waals surface area contributed by atoms with Gasteiger partial charge in [0.25, 0.3) is 0 Å². The Hall–Kier alpha value is -2.57. The van der Waals surface area contributed by atoms with Crippen LogP contribution in [0.15, 0.2) is 36.4 Å². The van der Waals surface area contributed by atoms with Crippen molar-refractivity contribution in [3.05, 3.63) is 59.7 Å². The molecule has 110 valence electrons. The zero-order chi connectivity index (χ0) is 15.4. The van der Waals surface area contributed by atoms with Crippen molar-refractivity contribution in [2.75, 3.05) is 17.2 Å². The Kier molecular flexibility index (Phi) is 4.42. The highest BCUT2D eigenvalue weighted by atomic mass is 19.1. The second-order valence-electron chi connectivity index (χ2n) is 4.12. The summed E-state index contributed by atoms with van der Waals surface area (Å²) in [6.45, 7) is -0.434. The van der Waals surface area contributed by atoms with Crippen molar-refractivity contribution in [1.82, 2.24) is 0 Å². The molecule has 1 amide bonds. The van der Waals surface area contributed by atoms with E-state index in [1.54, 1.807) is 0 Å². The smallest absolute Gasteiger partial charge is 0.243 e. The molecule has 0 unspecified atom stereocenters. The molecule has 2 rings (SSSR count). The average molecular weight is 298 g/mol. The second-order valence-corrected chi connectivity index (χ2v) is 4.12. The summed E-state index contributed by atoms with van der Waals surface area (Å²) in [6.07, 6.45) is 0. The van der Waals surface area contributed by atoms with Gasteiger partial charge < -0.3 is 10.6 Å². The number of rotatable bonds is 4. The highest BCUT2D eigenvalue weighted by molar-refractivity contribution is 5.94. The van der Waals surface area contributed by atoms with Crippen LogP contribution in [0.4, 0.5) is 28.9 Å². The quantitative estimate of drug-likeness (QED) is 0.850. The third-order valence-electron chi connectivity index (χ3n) is 2.60. The van der Waals surface area contributed by atoms with Gasteiger partial charge in [-0.2, -0.15) is 0 Å². The Morgan fingerprint density at radius 3 is 2.24 bits per heavy atom. The maximum atomic E-state index is 13.3. The monoisotopic (exact) mass is 298 g/mol. The minimum atomic E-state index is -0.920. The Morgan fingerprint density at radius 2 is 1.62 bits per heavy atom. The Bertz CT molecular complexity index is 656. The maximum absolute atomic E-state index is 13.3. The van der Waals surface area contributed by atoms with Crippen molar-refractivity contribution < 1.29 is 22.4 Å². The first kappa shape index (κ1) is 14.8. The Morgan fingerprint density at radius 1 is 0.952 bits per heavy atom. The molecule has 0 saturated carbocycles. The van der Waals surface area contributed by atoms with Crippen LogP contribution >= 0.6 is 0 Å². The first-order valence-corrected chi connectivity index (χ1v) is 5.90. The molecule has 0 saturated heterocycles. The Labute approximate surface area is 117 Å². The molecule has 0 aliphatic heterocycles. The summed E-state index contributed by atoms with van der Waals surface area (Å²) in [5.74, 6) is -4.24. The molecule has 2 N–H and O–H groups in total. The minimum absolute atomic E-state index is 0.0967. The normalized spacial score (nSPS) is 10.3. The molecular formula is C14H10F4N2O. The summed E-state index contributed by atoms with van der Waals surface area (Å²) < 4.78 is 52.6. The predicted molar refractivity (Wildman–Crippen MR) is 69.8 cm³/mol. The van der Waals surface area contributed by atoms with Crippen LogP contribution in [-0.4, -0.2) is 12.5 Å². The third-order valence-corrected chi connectivity index (χ3v) is 2.60. The van der Waals surface area contributed by atoms with Crippen molar-refractivity contribution in [3.63, 3.8) is 0 Å². The predicted octanol–water partition coefficient (Wildman–Crippen LogP) is 3.29. The van der Waals surface area contributed by atoms with Crippen LogP contribution in [0.5, 0.6) is 0 Å². The number of anilines is 2. The van der Waals surface area contributed by atoms with E-state index in [0.717, 1.165) is 30.3 Å². The maximum Gasteiger partial charge on any atom is 0.243 e. The summed E-state index contributed by atoms with van der Waals surface area (Å²) in [7, 11) is 0. The van der Waals surface area contributed by atoms with Gasteiger partial charge >= 0.3 is 0 Å². The van der Waals surface area contributed by atoms with E-state index in [1.807, 2.05) is 5.32 Å². The largest absolute Gasteiger partial charge is 0.374 e. The molecule has 0 bridgehead atoms. The number of carbonyl (C=O) groups excluding carboxylic acids is 1. The van der Waals surface area contributed by atoms with E-state index < -0.39 is 41.4 Å². The van der Waals surface area contributed by atoms with Gasteiger partial charge in [0.05, 0.1) is 12.2 Å². The fourth-order valence-corrected chi connectivity index (χ4v) is 1.61. The van der Waals surface area contributed by atoms with Gasteiger partial charge in [0.15, 0.2) is 0 Å². The first-order valence-electron chi connectivity index (χ1n) is 5.90. The number of nitrogens with one attached hydrogen (secondary N) is 2. The molecule has 0 atom stereocenters. The molecule has 21 heavy (non-hydrogen) atoms. The van der Waals surface area contributed by atoms with Crippen molar-refractivity contribution in [3.8, 4) is 0 Å². The van der Waals surface area contributed by atoms with Gasteiger partial charge in [-0.3, -0.25) is 4.79 Å². The Balaban J connectivity index is 1.99. The summed E-state index contributed by atoms with van der Waals surface area (Å²) in [5.41, 5.74) is -0.676. The van der Waals surface area contributed by atoms with E-state index in [9.17, 15) is 22.4 Å². The first-order chi connectivity index (χ1) is 9.97. The van der Waals surface area contributed by atoms with E-state index in [1.165, 1.54) is 0 Å². The zero-order valence-electron chi connectivity index (χ0n) is 10.6. The van der Waals surface area contributed by atoms with E-state index in [-0.39, 0.29) is 5.69 Å². The molecule has 0 aliphatic rings. The number of amides is 1. The number of carbonyl (C=O) groups is 1. The van der Waals surface area contributed by atoms with Gasteiger partial charge in [-0.1, -0.05) is 6.07 Å². The van der Waals surface area contributed by atoms with Crippen LogP contribution in [0.2, 0.25) is 0 Å². The van der Waals surface area contributed by atoms with Gasteiger partial charge in [0.2, 0.25) is 5.91 Å². The van der Waals surface area contributed by atoms with E-state index in [4.69, 9.17) is 0 Å². The van der Waals surface area contributed by atoms with Crippen molar-refractivity contribution in [1.29, 1.82) is 0 Å². The van der Waals surface area contributed by atoms with Crippen LogP contribution in [0.25, 0.3) is 0 Å². The van der Waals surface area contributed by atoms with E-state index in [2.05, 4.69) is 5.32 Å². The van der Waals surface area contributed by atoms with Gasteiger partial charge in [0, 0.05) is 6.07 Å². The number of benzene rings is 2. The van der Waals surface area contributed by atoms with Gasteiger partial charge in [-0.15, -0.1) is 0 Å². The van der Waals surface area contributed by atoms with Crippen LogP contribution in [-0.2, 0) is 4.79 Å². The van der Waals surface area contributed by atoms with E-state index >= 15 is 0 Å². The summed E-state index contributed by atoms with van der Waals surface area (Å²) >= 11 is 0. The van der Waals surface area contributed by atoms with Crippen molar-refractivity contribution in [2.45, 2.75) is 0 Å². The van der Waals surface area contributed by atoms with E-state index in [0.29, 0.717) is 6.07 Å². The van der Waals surface area contributed by atoms with Crippen LogP contribution < -0.4 is 10.6 Å². The molecule has 0 fully saturated rings. The van der Waals surface area contributed by atoms with Gasteiger partial charge in [0.1, 0.15) is 29.0 Å². The number of hydrogen-bond acceptors (Lipinski definition) is 2. The third kappa shape index (κ3) is 3.71. The molecule has 0 aliphatic carbocycles. The second kappa shape index (κ2) is 6.25. The number of hydrogen-bond donors (Lipinski definition) is 2. The SMILES string of the molecule is O=C(CNc1ccc(F)cc1F)Nc1c(F)cccc1F. The zero-order valence-corrected chi connectivity index (χ0v) is 10.6. The summed E-state index contributed by atoms with van der Waals surface area (Å²) in [5, 5.41) is 4.43. The summed E-state index contributed by atoms with van der Waals surface area (Å²) in [6, 6.07) is 5.92. The van der Waals surface area contributed by atoms with Crippen LogP contribution in [0.3, 0.4) is 0 Å². The van der Waals surface area contributed by atoms with Crippen LogP contribution in [0, 0.1) is 23.3 Å². The molecule has 2 aromatic rings. The van der Waals surface area contributed by atoms with Gasteiger partial charge in [-0.05, 0) is 24.3 Å². The molecule has 3 nitrogen and oxygen atoms in total. The number of halogens is 4. The molecule has 2 aromatic carbocycles. The topological polar surface area (TPSA) is 41.1 Å². The van der Waals surface area contributed by atoms with Crippen molar-refractivity contribution >= 4 is 17.3 Å². The standard InChI is InChI=1S/C14H10F4N2O/c15-8-4-5-12(11(18)6-8)19-7-13(21)20-14-9(16)2-1-3-10(14)17/h1-6,19H,7H2,(H,20,21). The van der Waals surface area contributed by atoms with Crippen molar-refractivity contribution in [2.24, 2.45) is 0 Å². The highest BCUT2D eigenvalue weighted by Crippen LogP contribution is 2.18. The van der Waals surface area contributed by atoms with Gasteiger partial charge in [-0.25, -0.2) is 17.6 Å². The lowest BCUT2D eigenvalue weighted by molar-refractivity contribution is -0.114. The fraction of sp³-hybridized carbons (Fsp3) is 0.0714. The number of para-hydroxylation sites is 1. The lowest BCUT2D eigenvalue weighted by Gasteiger charge is -2.09. The lowest BCUT2D eigenvalue weighted by atomic mass is 10.2. The molecule has 0 heterocycles. The molecule has 0 spiro atoms. The fourth-order valence-electron chi connectivity index (χ4n) is 1.61.